The number of hydrogen-bond acceptors (Lipinski definition) is 3. The molecule has 1 fully saturated rings. The SMILES string of the molecule is Clc1ccccc1C(CNC1CC1)Cc1cncs1. The van der Waals surface area contributed by atoms with Crippen LogP contribution in [-0.4, -0.2) is 17.6 Å². The van der Waals surface area contributed by atoms with E-state index in [4.69, 9.17) is 11.6 Å². The first-order chi connectivity index (χ1) is 9.33. The molecule has 2 aromatic rings. The fraction of sp³-hybridized carbons (Fsp3) is 0.400. The summed E-state index contributed by atoms with van der Waals surface area (Å²) in [5, 5.41) is 4.49. The first kappa shape index (κ1) is 13.1. The molecule has 0 saturated heterocycles. The van der Waals surface area contributed by atoms with Gasteiger partial charge in [-0.3, -0.25) is 4.98 Å². The molecule has 0 bridgehead atoms. The maximum atomic E-state index is 6.35. The van der Waals surface area contributed by atoms with Crippen molar-refractivity contribution in [2.45, 2.75) is 31.2 Å². The molecule has 1 aromatic heterocycles. The summed E-state index contributed by atoms with van der Waals surface area (Å²) in [6.07, 6.45) is 5.60. The van der Waals surface area contributed by atoms with Crippen LogP contribution in [0.25, 0.3) is 0 Å². The van der Waals surface area contributed by atoms with Gasteiger partial charge in [0.15, 0.2) is 0 Å². The van der Waals surface area contributed by atoms with Crippen molar-refractivity contribution in [3.8, 4) is 0 Å². The van der Waals surface area contributed by atoms with Crippen LogP contribution in [0, 0.1) is 0 Å². The molecule has 0 amide bonds. The summed E-state index contributed by atoms with van der Waals surface area (Å²) in [6, 6.07) is 8.91. The Balaban J connectivity index is 1.76. The summed E-state index contributed by atoms with van der Waals surface area (Å²) in [4.78, 5) is 5.49. The molecule has 1 heterocycles. The second-order valence-corrected chi connectivity index (χ2v) is 6.45. The minimum Gasteiger partial charge on any atom is -0.313 e. The summed E-state index contributed by atoms with van der Waals surface area (Å²) >= 11 is 8.07. The van der Waals surface area contributed by atoms with Gasteiger partial charge in [-0.2, -0.15) is 0 Å². The quantitative estimate of drug-likeness (QED) is 0.874. The Kier molecular flexibility index (Phi) is 4.16. The van der Waals surface area contributed by atoms with E-state index in [9.17, 15) is 0 Å². The number of nitrogens with one attached hydrogen (secondary N) is 1. The molecule has 1 unspecified atom stereocenters. The zero-order valence-electron chi connectivity index (χ0n) is 10.7. The van der Waals surface area contributed by atoms with Crippen molar-refractivity contribution < 1.29 is 0 Å². The Labute approximate surface area is 122 Å². The number of benzene rings is 1. The lowest BCUT2D eigenvalue weighted by molar-refractivity contribution is 0.580. The summed E-state index contributed by atoms with van der Waals surface area (Å²) in [5.74, 6) is 0.426. The molecule has 2 nitrogen and oxygen atoms in total. The first-order valence-corrected chi connectivity index (χ1v) is 7.94. The third kappa shape index (κ3) is 3.56. The van der Waals surface area contributed by atoms with Gasteiger partial charge in [-0.05, 0) is 30.9 Å². The van der Waals surface area contributed by atoms with Crippen LogP contribution in [-0.2, 0) is 6.42 Å². The number of halogens is 1. The molecule has 0 aliphatic heterocycles. The molecule has 1 aliphatic carbocycles. The van der Waals surface area contributed by atoms with E-state index in [1.807, 2.05) is 23.8 Å². The van der Waals surface area contributed by atoms with E-state index in [0.29, 0.717) is 5.92 Å². The maximum Gasteiger partial charge on any atom is 0.0794 e. The Bertz CT molecular complexity index is 523. The standard InChI is InChI=1S/C15H17ClN2S/c16-15-4-2-1-3-14(15)11(8-18-12-5-6-12)7-13-9-17-10-19-13/h1-4,9-12,18H,5-8H2. The van der Waals surface area contributed by atoms with Crippen LogP contribution in [0.2, 0.25) is 5.02 Å². The Morgan fingerprint density at radius 3 is 2.89 bits per heavy atom. The highest BCUT2D eigenvalue weighted by molar-refractivity contribution is 7.09. The lowest BCUT2D eigenvalue weighted by Gasteiger charge is -2.18. The van der Waals surface area contributed by atoms with Crippen molar-refractivity contribution in [3.05, 3.63) is 51.4 Å². The molecule has 1 saturated carbocycles. The summed E-state index contributed by atoms with van der Waals surface area (Å²) < 4.78 is 0. The molecular formula is C15H17ClN2S. The lowest BCUT2D eigenvalue weighted by Crippen LogP contribution is -2.24. The summed E-state index contributed by atoms with van der Waals surface area (Å²) in [7, 11) is 0. The van der Waals surface area contributed by atoms with E-state index in [2.05, 4.69) is 22.4 Å². The van der Waals surface area contributed by atoms with Crippen molar-refractivity contribution in [2.75, 3.05) is 6.54 Å². The number of aromatic nitrogens is 1. The van der Waals surface area contributed by atoms with E-state index in [0.717, 1.165) is 24.0 Å². The van der Waals surface area contributed by atoms with Gasteiger partial charge >= 0.3 is 0 Å². The minimum absolute atomic E-state index is 0.426. The van der Waals surface area contributed by atoms with Crippen molar-refractivity contribution in [1.29, 1.82) is 0 Å². The van der Waals surface area contributed by atoms with Gasteiger partial charge < -0.3 is 5.32 Å². The predicted molar refractivity (Wildman–Crippen MR) is 81.0 cm³/mol. The van der Waals surface area contributed by atoms with Crippen LogP contribution in [0.4, 0.5) is 0 Å². The molecule has 1 aromatic carbocycles. The first-order valence-electron chi connectivity index (χ1n) is 6.68. The van der Waals surface area contributed by atoms with E-state index in [1.165, 1.54) is 23.3 Å². The third-order valence-electron chi connectivity index (χ3n) is 3.51. The molecule has 0 radical (unpaired) electrons. The molecule has 1 atom stereocenters. The van der Waals surface area contributed by atoms with Crippen molar-refractivity contribution in [3.63, 3.8) is 0 Å². The van der Waals surface area contributed by atoms with E-state index < -0.39 is 0 Å². The van der Waals surface area contributed by atoms with Gasteiger partial charge in [0.2, 0.25) is 0 Å². The second-order valence-electron chi connectivity index (χ2n) is 5.07. The number of nitrogens with zero attached hydrogens (tertiary/aromatic N) is 1. The monoisotopic (exact) mass is 292 g/mol. The highest BCUT2D eigenvalue weighted by atomic mass is 35.5. The molecular weight excluding hydrogens is 276 g/mol. The van der Waals surface area contributed by atoms with Crippen LogP contribution in [0.3, 0.4) is 0 Å². The number of rotatable bonds is 6. The van der Waals surface area contributed by atoms with E-state index >= 15 is 0 Å². The normalized spacial score (nSPS) is 16.5. The average Bonchev–Trinajstić information content (AvgIpc) is 3.11. The largest absolute Gasteiger partial charge is 0.313 e. The van der Waals surface area contributed by atoms with E-state index in [1.54, 1.807) is 11.3 Å². The fourth-order valence-electron chi connectivity index (χ4n) is 2.28. The number of thiazole rings is 1. The zero-order chi connectivity index (χ0) is 13.1. The molecule has 100 valence electrons. The van der Waals surface area contributed by atoms with Crippen LogP contribution < -0.4 is 5.32 Å². The Morgan fingerprint density at radius 1 is 1.37 bits per heavy atom. The van der Waals surface area contributed by atoms with Crippen molar-refractivity contribution in [1.82, 2.24) is 10.3 Å². The zero-order valence-corrected chi connectivity index (χ0v) is 12.3. The van der Waals surface area contributed by atoms with Crippen LogP contribution in [0.15, 0.2) is 36.0 Å². The molecule has 1 aliphatic rings. The molecule has 1 N–H and O–H groups in total. The third-order valence-corrected chi connectivity index (χ3v) is 4.65. The highest BCUT2D eigenvalue weighted by Crippen LogP contribution is 2.29. The van der Waals surface area contributed by atoms with Crippen LogP contribution in [0.1, 0.15) is 29.2 Å². The van der Waals surface area contributed by atoms with Gasteiger partial charge in [-0.25, -0.2) is 0 Å². The molecule has 19 heavy (non-hydrogen) atoms. The van der Waals surface area contributed by atoms with Crippen molar-refractivity contribution in [2.24, 2.45) is 0 Å². The summed E-state index contributed by atoms with van der Waals surface area (Å²) in [5.41, 5.74) is 3.14. The smallest absolute Gasteiger partial charge is 0.0794 e. The maximum absolute atomic E-state index is 6.35. The lowest BCUT2D eigenvalue weighted by atomic mass is 9.95. The minimum atomic E-state index is 0.426. The van der Waals surface area contributed by atoms with Crippen LogP contribution >= 0.6 is 22.9 Å². The number of hydrogen-bond donors (Lipinski definition) is 1. The highest BCUT2D eigenvalue weighted by Gasteiger charge is 2.23. The van der Waals surface area contributed by atoms with Gasteiger partial charge in [0.05, 0.1) is 5.51 Å². The van der Waals surface area contributed by atoms with Gasteiger partial charge in [0, 0.05) is 34.6 Å². The van der Waals surface area contributed by atoms with Gasteiger partial charge in [-0.15, -0.1) is 11.3 Å². The van der Waals surface area contributed by atoms with Gasteiger partial charge in [0.1, 0.15) is 0 Å². The molecule has 4 heteroatoms. The fourth-order valence-corrected chi connectivity index (χ4v) is 3.25. The molecule has 0 spiro atoms. The van der Waals surface area contributed by atoms with Gasteiger partial charge in [0.25, 0.3) is 0 Å². The Morgan fingerprint density at radius 2 is 2.21 bits per heavy atom. The van der Waals surface area contributed by atoms with Crippen molar-refractivity contribution >= 4 is 22.9 Å². The van der Waals surface area contributed by atoms with E-state index in [-0.39, 0.29) is 0 Å². The topological polar surface area (TPSA) is 24.9 Å². The average molecular weight is 293 g/mol. The molecule has 3 rings (SSSR count). The Hall–Kier alpha value is -0.900. The van der Waals surface area contributed by atoms with Crippen LogP contribution in [0.5, 0.6) is 0 Å². The summed E-state index contributed by atoms with van der Waals surface area (Å²) in [6.45, 7) is 0.992. The second kappa shape index (κ2) is 6.04. The van der Waals surface area contributed by atoms with Gasteiger partial charge in [-0.1, -0.05) is 29.8 Å². The predicted octanol–water partition coefficient (Wildman–Crippen LogP) is 3.87.